The molecule has 0 bridgehead atoms. The second-order valence-electron chi connectivity index (χ2n) is 11.8. The topological polar surface area (TPSA) is 114 Å². The minimum absolute atomic E-state index is 0.00156. The molecule has 1 amide bonds. The molecule has 1 aliphatic heterocycles. The van der Waals surface area contributed by atoms with E-state index in [0.717, 1.165) is 29.7 Å². The lowest BCUT2D eigenvalue weighted by Gasteiger charge is -2.39. The number of halogens is 1. The van der Waals surface area contributed by atoms with E-state index in [0.29, 0.717) is 46.1 Å². The number of fused-ring (bicyclic) bond motifs is 1. The Kier molecular flexibility index (Phi) is 7.27. The number of carbonyl (C=O) groups is 1. The van der Waals surface area contributed by atoms with Crippen molar-refractivity contribution in [2.45, 2.75) is 58.4 Å². The van der Waals surface area contributed by atoms with Gasteiger partial charge in [-0.1, -0.05) is 13.8 Å². The molecule has 1 N–H and O–H groups in total. The monoisotopic (exact) mass is 586 g/mol. The van der Waals surface area contributed by atoms with Gasteiger partial charge in [0.15, 0.2) is 5.65 Å². The SMILES string of the molecule is COc1ccc(F)c(-c2nc3c(cc2C2CC2)c(N2CCN(C(=O)O)CC2C)nc(=O)n3-c2c(C)ccnc2C(C)C)c1. The summed E-state index contributed by atoms with van der Waals surface area (Å²) in [5, 5.41) is 10.2. The van der Waals surface area contributed by atoms with Gasteiger partial charge in [0.2, 0.25) is 0 Å². The molecule has 4 heterocycles. The van der Waals surface area contributed by atoms with Crippen molar-refractivity contribution in [3.05, 3.63) is 69.7 Å². The molecule has 2 aliphatic rings. The maximum atomic E-state index is 15.5. The van der Waals surface area contributed by atoms with Crippen LogP contribution < -0.4 is 15.3 Å². The zero-order chi connectivity index (χ0) is 30.6. The van der Waals surface area contributed by atoms with Gasteiger partial charge < -0.3 is 19.6 Å². The number of piperazine rings is 1. The normalized spacial score (nSPS) is 17.1. The number of anilines is 1. The first-order valence-electron chi connectivity index (χ1n) is 14.6. The Morgan fingerprint density at radius 1 is 1.14 bits per heavy atom. The molecule has 224 valence electrons. The van der Waals surface area contributed by atoms with Crippen LogP contribution in [0.4, 0.5) is 15.0 Å². The largest absolute Gasteiger partial charge is 0.497 e. The molecular formula is C32H35FN6O4. The molecule has 0 radical (unpaired) electrons. The number of methoxy groups -OCH3 is 1. The lowest BCUT2D eigenvalue weighted by atomic mass is 9.99. The molecule has 6 rings (SSSR count). The van der Waals surface area contributed by atoms with Crippen molar-refractivity contribution < 1.29 is 19.0 Å². The van der Waals surface area contributed by atoms with E-state index < -0.39 is 17.6 Å². The molecule has 1 aromatic carbocycles. The maximum absolute atomic E-state index is 15.5. The van der Waals surface area contributed by atoms with Gasteiger partial charge in [-0.25, -0.2) is 23.5 Å². The van der Waals surface area contributed by atoms with Crippen LogP contribution in [-0.4, -0.2) is 68.4 Å². The highest BCUT2D eigenvalue weighted by atomic mass is 19.1. The van der Waals surface area contributed by atoms with E-state index in [1.165, 1.54) is 22.6 Å². The van der Waals surface area contributed by atoms with Gasteiger partial charge in [-0.3, -0.25) is 4.98 Å². The highest BCUT2D eigenvalue weighted by molar-refractivity contribution is 5.92. The zero-order valence-corrected chi connectivity index (χ0v) is 25.0. The van der Waals surface area contributed by atoms with Gasteiger partial charge in [0, 0.05) is 37.4 Å². The van der Waals surface area contributed by atoms with Crippen molar-refractivity contribution in [3.8, 4) is 22.7 Å². The second kappa shape index (κ2) is 10.9. The van der Waals surface area contributed by atoms with Crippen LogP contribution in [0, 0.1) is 12.7 Å². The van der Waals surface area contributed by atoms with Crippen LogP contribution >= 0.6 is 0 Å². The summed E-state index contributed by atoms with van der Waals surface area (Å²) in [5.74, 6) is 0.716. The number of hydrogen-bond donors (Lipinski definition) is 1. The number of aromatic nitrogens is 4. The third-order valence-corrected chi connectivity index (χ3v) is 8.42. The van der Waals surface area contributed by atoms with Gasteiger partial charge in [0.25, 0.3) is 0 Å². The van der Waals surface area contributed by atoms with Crippen molar-refractivity contribution >= 4 is 22.9 Å². The molecule has 0 spiro atoms. The van der Waals surface area contributed by atoms with E-state index in [1.54, 1.807) is 18.3 Å². The second-order valence-corrected chi connectivity index (χ2v) is 11.8. The van der Waals surface area contributed by atoms with Crippen LogP contribution in [0.15, 0.2) is 41.3 Å². The molecule has 2 fully saturated rings. The Bertz CT molecular complexity index is 1800. The number of benzene rings is 1. The summed E-state index contributed by atoms with van der Waals surface area (Å²) in [6, 6.07) is 8.20. The first-order chi connectivity index (χ1) is 20.6. The molecule has 43 heavy (non-hydrogen) atoms. The lowest BCUT2D eigenvalue weighted by Crippen LogP contribution is -2.54. The van der Waals surface area contributed by atoms with Crippen LogP contribution in [0.5, 0.6) is 5.75 Å². The number of nitrogens with zero attached hydrogens (tertiary/aromatic N) is 6. The van der Waals surface area contributed by atoms with Crippen LogP contribution in [-0.2, 0) is 0 Å². The summed E-state index contributed by atoms with van der Waals surface area (Å²) < 4.78 is 22.4. The molecule has 1 atom stereocenters. The number of pyridine rings is 2. The molecular weight excluding hydrogens is 551 g/mol. The van der Waals surface area contributed by atoms with Crippen molar-refractivity contribution in [1.82, 2.24) is 24.4 Å². The van der Waals surface area contributed by atoms with Crippen LogP contribution in [0.1, 0.15) is 62.3 Å². The number of ether oxygens (including phenoxy) is 1. The fourth-order valence-corrected chi connectivity index (χ4v) is 6.03. The van der Waals surface area contributed by atoms with Crippen molar-refractivity contribution in [1.29, 1.82) is 0 Å². The number of aryl methyl sites for hydroxylation is 1. The van der Waals surface area contributed by atoms with Gasteiger partial charge in [-0.2, -0.15) is 4.98 Å². The van der Waals surface area contributed by atoms with Crippen molar-refractivity contribution in [3.63, 3.8) is 0 Å². The first kappa shape index (κ1) is 28.6. The van der Waals surface area contributed by atoms with E-state index in [9.17, 15) is 14.7 Å². The van der Waals surface area contributed by atoms with E-state index in [-0.39, 0.29) is 31.0 Å². The zero-order valence-electron chi connectivity index (χ0n) is 25.0. The molecule has 1 aliphatic carbocycles. The molecule has 10 nitrogen and oxygen atoms in total. The number of rotatable bonds is 6. The highest BCUT2D eigenvalue weighted by Gasteiger charge is 2.34. The minimum Gasteiger partial charge on any atom is -0.497 e. The Labute approximate surface area is 248 Å². The summed E-state index contributed by atoms with van der Waals surface area (Å²) in [7, 11) is 1.53. The smallest absolute Gasteiger partial charge is 0.407 e. The van der Waals surface area contributed by atoms with Gasteiger partial charge >= 0.3 is 11.8 Å². The summed E-state index contributed by atoms with van der Waals surface area (Å²) >= 11 is 0. The molecule has 1 unspecified atom stereocenters. The van der Waals surface area contributed by atoms with E-state index in [1.807, 2.05) is 44.7 Å². The fraction of sp³-hybridized carbons (Fsp3) is 0.406. The van der Waals surface area contributed by atoms with Gasteiger partial charge in [-0.15, -0.1) is 0 Å². The highest BCUT2D eigenvalue weighted by Crippen LogP contribution is 2.46. The predicted molar refractivity (Wildman–Crippen MR) is 162 cm³/mol. The standard InChI is InChI=1S/C32H35FN6O4/c1-17(2)26-28(18(3)10-11-34-26)39-30-24(29(36-31(39)40)38-13-12-37(32(41)42)16-19(38)4)15-22(20-6-7-20)27(35-30)23-14-21(43-5)8-9-25(23)33/h8-11,14-15,17,19-20H,6-7,12-13,16H2,1-5H3,(H,41,42). The predicted octanol–water partition coefficient (Wildman–Crippen LogP) is 5.49. The van der Waals surface area contributed by atoms with E-state index in [2.05, 4.69) is 9.97 Å². The van der Waals surface area contributed by atoms with Crippen molar-refractivity contribution in [2.75, 3.05) is 31.6 Å². The third kappa shape index (κ3) is 5.06. The van der Waals surface area contributed by atoms with Crippen LogP contribution in [0.3, 0.4) is 0 Å². The summed E-state index contributed by atoms with van der Waals surface area (Å²) in [6.07, 6.45) is 2.64. The van der Waals surface area contributed by atoms with Crippen LogP contribution in [0.25, 0.3) is 28.0 Å². The van der Waals surface area contributed by atoms with E-state index in [4.69, 9.17) is 9.72 Å². The average molecular weight is 587 g/mol. The van der Waals surface area contributed by atoms with Crippen LogP contribution in [0.2, 0.25) is 0 Å². The Morgan fingerprint density at radius 3 is 2.56 bits per heavy atom. The maximum Gasteiger partial charge on any atom is 0.407 e. The third-order valence-electron chi connectivity index (χ3n) is 8.42. The molecule has 1 saturated heterocycles. The molecule has 3 aromatic heterocycles. The van der Waals surface area contributed by atoms with Crippen molar-refractivity contribution in [2.24, 2.45) is 0 Å². The van der Waals surface area contributed by atoms with Gasteiger partial charge in [-0.05, 0) is 80.0 Å². The first-order valence-corrected chi connectivity index (χ1v) is 14.6. The summed E-state index contributed by atoms with van der Waals surface area (Å²) in [6.45, 7) is 8.79. The summed E-state index contributed by atoms with van der Waals surface area (Å²) in [5.41, 5.74) is 3.64. The van der Waals surface area contributed by atoms with Gasteiger partial charge in [0.05, 0.1) is 29.6 Å². The lowest BCUT2D eigenvalue weighted by molar-refractivity contribution is 0.136. The molecule has 11 heteroatoms. The van der Waals surface area contributed by atoms with E-state index >= 15 is 4.39 Å². The Balaban J connectivity index is 1.69. The molecule has 4 aromatic rings. The Morgan fingerprint density at radius 2 is 1.91 bits per heavy atom. The Hall–Kier alpha value is -4.54. The minimum atomic E-state index is -0.976. The fourth-order valence-electron chi connectivity index (χ4n) is 6.03. The summed E-state index contributed by atoms with van der Waals surface area (Å²) in [4.78, 5) is 43.5. The molecule has 1 saturated carbocycles. The quantitative estimate of drug-likeness (QED) is 0.316. The van der Waals surface area contributed by atoms with Gasteiger partial charge in [0.1, 0.15) is 17.4 Å². The number of carboxylic acid groups (broad SMARTS) is 1. The number of amides is 1. The average Bonchev–Trinajstić information content (AvgIpc) is 3.82. The number of hydrogen-bond acceptors (Lipinski definition) is 7.